The van der Waals surface area contributed by atoms with Crippen LogP contribution in [-0.2, 0) is 23.3 Å². The zero-order chi connectivity index (χ0) is 20.8. The van der Waals surface area contributed by atoms with E-state index in [0.29, 0.717) is 25.4 Å². The zero-order valence-electron chi connectivity index (χ0n) is 16.8. The largest absolute Gasteiger partial charge is 0.382 e. The third kappa shape index (κ3) is 3.73. The molecule has 4 rings (SSSR count). The lowest BCUT2D eigenvalue weighted by molar-refractivity contribution is 0.0144. The first-order valence-electron chi connectivity index (χ1n) is 10.1. The van der Waals surface area contributed by atoms with Crippen molar-refractivity contribution in [2.75, 3.05) is 12.3 Å². The first-order valence-corrected chi connectivity index (χ1v) is 10.1. The molecule has 5 N–H and O–H groups in total. The van der Waals surface area contributed by atoms with Crippen molar-refractivity contribution in [3.63, 3.8) is 0 Å². The fraction of sp³-hybridized carbons (Fsp3) is 0.160. The van der Waals surface area contributed by atoms with E-state index in [1.807, 2.05) is 54.6 Å². The average Bonchev–Trinajstić information content (AvgIpc) is 3.18. The monoisotopic (exact) mass is 398 g/mol. The molecule has 0 saturated heterocycles. The summed E-state index contributed by atoms with van der Waals surface area (Å²) in [4.78, 5) is 0. The van der Waals surface area contributed by atoms with Gasteiger partial charge < -0.3 is 16.2 Å². The fourth-order valence-electron chi connectivity index (χ4n) is 3.93. The number of aromatic amines is 1. The molecule has 0 atom stereocenters. The Morgan fingerprint density at radius 3 is 1.67 bits per heavy atom. The Labute approximate surface area is 176 Å². The highest BCUT2D eigenvalue weighted by Gasteiger charge is 2.37. The van der Waals surface area contributed by atoms with E-state index in [1.165, 1.54) is 0 Å². The highest BCUT2D eigenvalue weighted by molar-refractivity contribution is 5.47. The van der Waals surface area contributed by atoms with Crippen LogP contribution in [0.15, 0.2) is 91.0 Å². The number of nitrogens with one attached hydrogen (secondary N) is 1. The summed E-state index contributed by atoms with van der Waals surface area (Å²) >= 11 is 0. The Balaban J connectivity index is 1.77. The molecule has 1 heterocycles. The van der Waals surface area contributed by atoms with Crippen LogP contribution in [0.5, 0.6) is 0 Å². The molecule has 0 spiro atoms. The molecular formula is C25H26N4O. The summed E-state index contributed by atoms with van der Waals surface area (Å²) in [7, 11) is 0. The van der Waals surface area contributed by atoms with Crippen LogP contribution in [0, 0.1) is 0 Å². The second kappa shape index (κ2) is 8.95. The van der Waals surface area contributed by atoms with Gasteiger partial charge >= 0.3 is 0 Å². The second-order valence-electron chi connectivity index (χ2n) is 7.15. The number of anilines is 1. The number of nitrogens with zero attached hydrogens (tertiary/aromatic N) is 1. The predicted octanol–water partition coefficient (Wildman–Crippen LogP) is 4.00. The number of nitrogen functional groups attached to an aromatic ring is 1. The number of hydrogen-bond donors (Lipinski definition) is 3. The van der Waals surface area contributed by atoms with Crippen molar-refractivity contribution in [2.45, 2.75) is 18.6 Å². The van der Waals surface area contributed by atoms with Gasteiger partial charge in [0.2, 0.25) is 0 Å². The molecule has 30 heavy (non-hydrogen) atoms. The summed E-state index contributed by atoms with van der Waals surface area (Å²) in [6.07, 6.45) is 0.630. The van der Waals surface area contributed by atoms with Gasteiger partial charge in [-0.2, -0.15) is 5.10 Å². The van der Waals surface area contributed by atoms with Gasteiger partial charge in [0.1, 0.15) is 11.4 Å². The highest BCUT2D eigenvalue weighted by atomic mass is 16.5. The van der Waals surface area contributed by atoms with E-state index in [0.717, 1.165) is 27.9 Å². The first-order chi connectivity index (χ1) is 14.8. The minimum atomic E-state index is -0.738. The molecule has 5 nitrogen and oxygen atoms in total. The van der Waals surface area contributed by atoms with Crippen LogP contribution in [-0.4, -0.2) is 16.8 Å². The van der Waals surface area contributed by atoms with Gasteiger partial charge in [-0.25, -0.2) is 0 Å². The average molecular weight is 399 g/mol. The van der Waals surface area contributed by atoms with Crippen molar-refractivity contribution in [2.24, 2.45) is 5.73 Å². The van der Waals surface area contributed by atoms with E-state index in [9.17, 15) is 0 Å². The minimum absolute atomic E-state index is 0.346. The van der Waals surface area contributed by atoms with Crippen molar-refractivity contribution in [3.05, 3.63) is 119 Å². The van der Waals surface area contributed by atoms with E-state index in [4.69, 9.17) is 16.2 Å². The van der Waals surface area contributed by atoms with Gasteiger partial charge in [-0.15, -0.1) is 0 Å². The molecule has 0 fully saturated rings. The third-order valence-electron chi connectivity index (χ3n) is 5.40. The number of hydrogen-bond acceptors (Lipinski definition) is 4. The Morgan fingerprint density at radius 2 is 1.23 bits per heavy atom. The number of aromatic nitrogens is 2. The van der Waals surface area contributed by atoms with Crippen molar-refractivity contribution < 1.29 is 4.74 Å². The Morgan fingerprint density at radius 1 is 0.767 bits per heavy atom. The SMILES string of the molecule is NCc1c(N)n[nH]c1CCOC(c1ccccc1)(c1ccccc1)c1ccccc1. The minimum Gasteiger partial charge on any atom is -0.382 e. The maximum absolute atomic E-state index is 6.77. The van der Waals surface area contributed by atoms with Crippen LogP contribution in [0.25, 0.3) is 0 Å². The number of nitrogens with two attached hydrogens (primary N) is 2. The molecule has 0 amide bonds. The van der Waals surface area contributed by atoms with Gasteiger partial charge in [0.15, 0.2) is 0 Å². The predicted molar refractivity (Wildman–Crippen MR) is 120 cm³/mol. The van der Waals surface area contributed by atoms with Crippen LogP contribution < -0.4 is 11.5 Å². The normalized spacial score (nSPS) is 11.5. The molecule has 0 radical (unpaired) electrons. The van der Waals surface area contributed by atoms with Crippen molar-refractivity contribution in [3.8, 4) is 0 Å². The highest BCUT2D eigenvalue weighted by Crippen LogP contribution is 2.40. The lowest BCUT2D eigenvalue weighted by Gasteiger charge is -2.36. The summed E-state index contributed by atoms with van der Waals surface area (Å²) in [5.41, 5.74) is 16.0. The molecule has 0 unspecified atom stereocenters. The molecule has 0 aliphatic carbocycles. The molecule has 5 heteroatoms. The maximum atomic E-state index is 6.77. The van der Waals surface area contributed by atoms with Crippen LogP contribution in [0.1, 0.15) is 27.9 Å². The lowest BCUT2D eigenvalue weighted by atomic mass is 9.80. The summed E-state index contributed by atoms with van der Waals surface area (Å²) in [6, 6.07) is 31.0. The van der Waals surface area contributed by atoms with Gasteiger partial charge in [-0.05, 0) is 16.7 Å². The van der Waals surface area contributed by atoms with Gasteiger partial charge in [-0.3, -0.25) is 5.10 Å². The quantitative estimate of drug-likeness (QED) is 0.391. The number of ether oxygens (including phenoxy) is 1. The van der Waals surface area contributed by atoms with Gasteiger partial charge in [0.05, 0.1) is 6.61 Å². The van der Waals surface area contributed by atoms with Gasteiger partial charge in [0, 0.05) is 24.2 Å². The van der Waals surface area contributed by atoms with Crippen LogP contribution in [0.2, 0.25) is 0 Å². The van der Waals surface area contributed by atoms with Crippen LogP contribution in [0.4, 0.5) is 5.82 Å². The van der Waals surface area contributed by atoms with Crippen LogP contribution >= 0.6 is 0 Å². The second-order valence-corrected chi connectivity index (χ2v) is 7.15. The van der Waals surface area contributed by atoms with E-state index in [-0.39, 0.29) is 0 Å². The summed E-state index contributed by atoms with van der Waals surface area (Å²) < 4.78 is 6.77. The smallest absolute Gasteiger partial charge is 0.149 e. The Hall–Kier alpha value is -3.41. The first kappa shape index (κ1) is 19.9. The summed E-state index contributed by atoms with van der Waals surface area (Å²) in [5.74, 6) is 0.452. The van der Waals surface area contributed by atoms with Crippen molar-refractivity contribution in [1.82, 2.24) is 10.2 Å². The molecule has 0 aliphatic heterocycles. The van der Waals surface area contributed by atoms with E-state index >= 15 is 0 Å². The van der Waals surface area contributed by atoms with Crippen LogP contribution in [0.3, 0.4) is 0 Å². The topological polar surface area (TPSA) is 90.0 Å². The standard InChI is InChI=1S/C25H26N4O/c26-18-22-23(28-29-24(22)27)16-17-30-25(19-10-4-1-5-11-19,20-12-6-2-7-13-20)21-14-8-3-9-15-21/h1-15H,16-18,26H2,(H3,27,28,29). The van der Waals surface area contributed by atoms with Crippen molar-refractivity contribution in [1.29, 1.82) is 0 Å². The van der Waals surface area contributed by atoms with E-state index in [1.54, 1.807) is 0 Å². The van der Waals surface area contributed by atoms with E-state index < -0.39 is 5.60 Å². The van der Waals surface area contributed by atoms with Gasteiger partial charge in [0.25, 0.3) is 0 Å². The maximum Gasteiger partial charge on any atom is 0.149 e. The summed E-state index contributed by atoms with van der Waals surface area (Å²) in [6.45, 7) is 0.812. The van der Waals surface area contributed by atoms with Crippen molar-refractivity contribution >= 4 is 5.82 Å². The zero-order valence-corrected chi connectivity index (χ0v) is 16.8. The Kier molecular flexibility index (Phi) is 5.93. The number of benzene rings is 3. The molecule has 0 aliphatic rings. The molecule has 152 valence electrons. The number of rotatable bonds is 8. The molecule has 0 bridgehead atoms. The molecule has 1 aromatic heterocycles. The molecule has 4 aromatic rings. The summed E-state index contributed by atoms with van der Waals surface area (Å²) in [5, 5.41) is 7.09. The molecule has 3 aromatic carbocycles. The third-order valence-corrected chi connectivity index (χ3v) is 5.40. The van der Waals surface area contributed by atoms with E-state index in [2.05, 4.69) is 46.6 Å². The number of H-pyrrole nitrogens is 1. The molecular weight excluding hydrogens is 372 g/mol. The molecule has 0 saturated carbocycles. The van der Waals surface area contributed by atoms with Gasteiger partial charge in [-0.1, -0.05) is 91.0 Å². The Bertz CT molecular complexity index is 966. The fourth-order valence-corrected chi connectivity index (χ4v) is 3.93. The lowest BCUT2D eigenvalue weighted by Crippen LogP contribution is -2.33.